The largest absolute Gasteiger partial charge is 0.460 e. The number of piperidine rings is 3. The van der Waals surface area contributed by atoms with E-state index in [1.54, 1.807) is 0 Å². The SMILES string of the molecule is O=C(O[C@H]1CN2CCC1CC2)C(CNCc1ccccc1)c1ccccc1. The molecule has 3 aliphatic rings. The van der Waals surface area contributed by atoms with Gasteiger partial charge in [-0.2, -0.15) is 0 Å². The van der Waals surface area contributed by atoms with Gasteiger partial charge >= 0.3 is 5.97 Å². The molecule has 4 nitrogen and oxygen atoms in total. The number of nitrogens with one attached hydrogen (secondary N) is 1. The molecule has 1 N–H and O–H groups in total. The second-order valence-electron chi connectivity index (χ2n) is 7.69. The van der Waals surface area contributed by atoms with Crippen molar-refractivity contribution in [2.24, 2.45) is 5.92 Å². The van der Waals surface area contributed by atoms with Crippen molar-refractivity contribution in [3.63, 3.8) is 0 Å². The van der Waals surface area contributed by atoms with Crippen molar-refractivity contribution in [2.45, 2.75) is 31.4 Å². The molecule has 3 saturated heterocycles. The molecule has 2 atom stereocenters. The second kappa shape index (κ2) is 8.68. The fourth-order valence-electron chi connectivity index (χ4n) is 4.25. The van der Waals surface area contributed by atoms with Gasteiger partial charge in [0.2, 0.25) is 0 Å². The molecule has 0 spiro atoms. The molecule has 3 fully saturated rings. The monoisotopic (exact) mass is 364 g/mol. The number of nitrogens with zero attached hydrogens (tertiary/aromatic N) is 1. The standard InChI is InChI=1S/C23H28N2O2/c26-23(27-22-17-25-13-11-20(22)12-14-25)21(19-9-5-2-6-10-19)16-24-15-18-7-3-1-4-8-18/h1-10,20-22,24H,11-17H2/t21?,22-/m0/s1. The highest BCUT2D eigenvalue weighted by Gasteiger charge is 2.37. The summed E-state index contributed by atoms with van der Waals surface area (Å²) in [6, 6.07) is 20.3. The van der Waals surface area contributed by atoms with E-state index in [2.05, 4.69) is 22.3 Å². The van der Waals surface area contributed by atoms with Crippen molar-refractivity contribution in [3.8, 4) is 0 Å². The summed E-state index contributed by atoms with van der Waals surface area (Å²) in [4.78, 5) is 15.5. The molecule has 1 unspecified atom stereocenters. The number of hydrogen-bond acceptors (Lipinski definition) is 4. The molecule has 3 aliphatic heterocycles. The Bertz CT molecular complexity index is 727. The highest BCUT2D eigenvalue weighted by atomic mass is 16.5. The lowest BCUT2D eigenvalue weighted by atomic mass is 9.85. The normalized spacial score (nSPS) is 25.1. The zero-order valence-corrected chi connectivity index (χ0v) is 15.7. The van der Waals surface area contributed by atoms with E-state index in [9.17, 15) is 4.79 Å². The molecule has 2 aromatic carbocycles. The van der Waals surface area contributed by atoms with Gasteiger partial charge in [-0.25, -0.2) is 0 Å². The summed E-state index contributed by atoms with van der Waals surface area (Å²) in [6.45, 7) is 4.53. The van der Waals surface area contributed by atoms with Gasteiger partial charge in [-0.3, -0.25) is 9.69 Å². The molecule has 0 aromatic heterocycles. The van der Waals surface area contributed by atoms with Crippen molar-refractivity contribution in [1.29, 1.82) is 0 Å². The highest BCUT2D eigenvalue weighted by molar-refractivity contribution is 5.78. The third-order valence-electron chi connectivity index (χ3n) is 5.87. The average Bonchev–Trinajstić information content (AvgIpc) is 2.73. The Morgan fingerprint density at radius 3 is 2.33 bits per heavy atom. The fourth-order valence-corrected chi connectivity index (χ4v) is 4.25. The van der Waals surface area contributed by atoms with Crippen LogP contribution in [0.15, 0.2) is 60.7 Å². The number of rotatable bonds is 7. The molecule has 5 rings (SSSR count). The lowest BCUT2D eigenvalue weighted by Gasteiger charge is -2.44. The summed E-state index contributed by atoms with van der Waals surface area (Å²) in [5.74, 6) is 0.165. The van der Waals surface area contributed by atoms with Crippen LogP contribution < -0.4 is 5.32 Å². The summed E-state index contributed by atoms with van der Waals surface area (Å²) in [7, 11) is 0. The predicted molar refractivity (Wildman–Crippen MR) is 106 cm³/mol. The van der Waals surface area contributed by atoms with Crippen LogP contribution in [0, 0.1) is 5.92 Å². The Balaban J connectivity index is 1.40. The maximum Gasteiger partial charge on any atom is 0.315 e. The Morgan fingerprint density at radius 2 is 1.70 bits per heavy atom. The Labute approximate surface area is 161 Å². The lowest BCUT2D eigenvalue weighted by Crippen LogP contribution is -2.52. The number of fused-ring (bicyclic) bond motifs is 3. The van der Waals surface area contributed by atoms with Crippen molar-refractivity contribution < 1.29 is 9.53 Å². The van der Waals surface area contributed by atoms with E-state index in [-0.39, 0.29) is 18.0 Å². The molecular weight excluding hydrogens is 336 g/mol. The van der Waals surface area contributed by atoms with Crippen LogP contribution in [0.25, 0.3) is 0 Å². The van der Waals surface area contributed by atoms with Gasteiger partial charge in [0.25, 0.3) is 0 Å². The smallest absolute Gasteiger partial charge is 0.315 e. The average molecular weight is 364 g/mol. The summed E-state index contributed by atoms with van der Waals surface area (Å²) in [6.07, 6.45) is 2.36. The number of benzene rings is 2. The summed E-state index contributed by atoms with van der Waals surface area (Å²) >= 11 is 0. The van der Waals surface area contributed by atoms with E-state index < -0.39 is 0 Å². The van der Waals surface area contributed by atoms with Crippen molar-refractivity contribution in [2.75, 3.05) is 26.2 Å². The van der Waals surface area contributed by atoms with E-state index in [4.69, 9.17) is 4.74 Å². The first-order valence-corrected chi connectivity index (χ1v) is 10.0. The van der Waals surface area contributed by atoms with E-state index >= 15 is 0 Å². The first-order valence-electron chi connectivity index (χ1n) is 10.0. The van der Waals surface area contributed by atoms with Crippen molar-refractivity contribution in [3.05, 3.63) is 71.8 Å². The van der Waals surface area contributed by atoms with Gasteiger partial charge in [0.15, 0.2) is 0 Å². The molecule has 4 heteroatoms. The molecule has 2 aromatic rings. The van der Waals surface area contributed by atoms with Crippen LogP contribution in [-0.4, -0.2) is 43.2 Å². The summed E-state index contributed by atoms with van der Waals surface area (Å²) in [5.41, 5.74) is 2.24. The molecule has 3 heterocycles. The van der Waals surface area contributed by atoms with Crippen LogP contribution >= 0.6 is 0 Å². The van der Waals surface area contributed by atoms with Crippen molar-refractivity contribution >= 4 is 5.97 Å². The Morgan fingerprint density at radius 1 is 1.04 bits per heavy atom. The molecule has 0 radical (unpaired) electrons. The zero-order valence-electron chi connectivity index (χ0n) is 15.7. The van der Waals surface area contributed by atoms with Gasteiger partial charge in [-0.1, -0.05) is 60.7 Å². The number of carbonyl (C=O) groups is 1. The Kier molecular flexibility index (Phi) is 5.85. The number of hydrogen-bond donors (Lipinski definition) is 1. The van der Waals surface area contributed by atoms with Crippen LogP contribution in [0.4, 0.5) is 0 Å². The van der Waals surface area contributed by atoms with E-state index in [0.29, 0.717) is 12.5 Å². The van der Waals surface area contributed by atoms with E-state index in [1.165, 1.54) is 5.56 Å². The minimum Gasteiger partial charge on any atom is -0.460 e. The first kappa shape index (κ1) is 18.2. The van der Waals surface area contributed by atoms with Gasteiger partial charge in [0.1, 0.15) is 6.10 Å². The molecule has 27 heavy (non-hydrogen) atoms. The number of ether oxygens (including phenoxy) is 1. The van der Waals surface area contributed by atoms with Crippen LogP contribution in [0.3, 0.4) is 0 Å². The Hall–Kier alpha value is -2.17. The van der Waals surface area contributed by atoms with E-state index in [1.807, 2.05) is 48.5 Å². The minimum atomic E-state index is -0.273. The minimum absolute atomic E-state index is 0.0559. The van der Waals surface area contributed by atoms with Gasteiger partial charge in [-0.05, 0) is 43.0 Å². The topological polar surface area (TPSA) is 41.6 Å². The van der Waals surface area contributed by atoms with Crippen LogP contribution in [-0.2, 0) is 16.1 Å². The molecule has 2 bridgehead atoms. The van der Waals surface area contributed by atoms with Gasteiger partial charge in [0.05, 0.1) is 5.92 Å². The second-order valence-corrected chi connectivity index (χ2v) is 7.69. The third-order valence-corrected chi connectivity index (χ3v) is 5.87. The van der Waals surface area contributed by atoms with Crippen LogP contribution in [0.5, 0.6) is 0 Å². The molecule has 0 saturated carbocycles. The molecule has 142 valence electrons. The summed E-state index contributed by atoms with van der Waals surface area (Å²) in [5, 5.41) is 3.44. The third kappa shape index (κ3) is 4.57. The lowest BCUT2D eigenvalue weighted by molar-refractivity contribution is -0.160. The first-order chi connectivity index (χ1) is 13.3. The van der Waals surface area contributed by atoms with E-state index in [0.717, 1.165) is 44.6 Å². The number of carbonyl (C=O) groups excluding carboxylic acids is 1. The van der Waals surface area contributed by atoms with Crippen LogP contribution in [0.2, 0.25) is 0 Å². The molecule has 0 amide bonds. The van der Waals surface area contributed by atoms with Crippen molar-refractivity contribution in [1.82, 2.24) is 10.2 Å². The van der Waals surface area contributed by atoms with Gasteiger partial charge in [0, 0.05) is 19.6 Å². The maximum atomic E-state index is 13.0. The number of esters is 1. The van der Waals surface area contributed by atoms with Crippen LogP contribution in [0.1, 0.15) is 29.9 Å². The zero-order chi connectivity index (χ0) is 18.5. The molecule has 0 aliphatic carbocycles. The highest BCUT2D eigenvalue weighted by Crippen LogP contribution is 2.31. The van der Waals surface area contributed by atoms with Gasteiger partial charge < -0.3 is 10.1 Å². The summed E-state index contributed by atoms with van der Waals surface area (Å²) < 4.78 is 6.02. The molecular formula is C23H28N2O2. The van der Waals surface area contributed by atoms with Gasteiger partial charge in [-0.15, -0.1) is 0 Å². The fraction of sp³-hybridized carbons (Fsp3) is 0.435. The predicted octanol–water partition coefficient (Wildman–Crippen LogP) is 3.20. The maximum absolute atomic E-state index is 13.0. The quantitative estimate of drug-likeness (QED) is 0.766.